The molecule has 0 spiro atoms. The number of benzene rings is 1. The Morgan fingerprint density at radius 3 is 2.64 bits per heavy atom. The largest absolute Gasteiger partial charge is 0.495 e. The summed E-state index contributed by atoms with van der Waals surface area (Å²) in [5.41, 5.74) is 3.46. The summed E-state index contributed by atoms with van der Waals surface area (Å²) in [6, 6.07) is 9.83. The molecule has 1 N–H and O–H groups in total. The van der Waals surface area contributed by atoms with Crippen LogP contribution in [0.25, 0.3) is 22.2 Å². The van der Waals surface area contributed by atoms with Gasteiger partial charge in [-0.15, -0.1) is 0 Å². The Morgan fingerprint density at radius 1 is 1.20 bits per heavy atom. The summed E-state index contributed by atoms with van der Waals surface area (Å²) < 4.78 is 5.40. The van der Waals surface area contributed by atoms with Crippen molar-refractivity contribution in [3.8, 4) is 17.0 Å². The zero-order valence-corrected chi connectivity index (χ0v) is 15.0. The summed E-state index contributed by atoms with van der Waals surface area (Å²) in [6.07, 6.45) is 3.10. The highest BCUT2D eigenvalue weighted by molar-refractivity contribution is 6.35. The molecule has 1 saturated heterocycles. The van der Waals surface area contributed by atoms with Crippen LogP contribution in [-0.2, 0) is 0 Å². The molecule has 1 aromatic carbocycles. The maximum atomic E-state index is 6.51. The van der Waals surface area contributed by atoms with Crippen LogP contribution in [0.4, 0.5) is 11.5 Å². The van der Waals surface area contributed by atoms with Gasteiger partial charge in [0.15, 0.2) is 0 Å². The van der Waals surface area contributed by atoms with E-state index in [2.05, 4.69) is 15.2 Å². The molecule has 1 aliphatic rings. The first-order valence-corrected chi connectivity index (χ1v) is 8.65. The zero-order valence-electron chi connectivity index (χ0n) is 14.2. The number of nitrogens with zero attached hydrogens (tertiary/aromatic N) is 3. The number of rotatable bonds is 4. The van der Waals surface area contributed by atoms with E-state index >= 15 is 0 Å². The highest BCUT2D eigenvalue weighted by atomic mass is 35.5. The third-order valence-corrected chi connectivity index (χ3v) is 4.89. The van der Waals surface area contributed by atoms with E-state index in [4.69, 9.17) is 21.3 Å². The van der Waals surface area contributed by atoms with Crippen LogP contribution in [0.1, 0.15) is 6.42 Å². The summed E-state index contributed by atoms with van der Waals surface area (Å²) in [5, 5.41) is 4.64. The fourth-order valence-corrected chi connectivity index (χ4v) is 3.25. The smallest absolute Gasteiger partial charge is 0.142 e. The maximum absolute atomic E-state index is 6.51. The van der Waals surface area contributed by atoms with Crippen molar-refractivity contribution < 1.29 is 4.74 Å². The van der Waals surface area contributed by atoms with Crippen LogP contribution < -0.4 is 15.0 Å². The molecule has 0 radical (unpaired) electrons. The first-order chi connectivity index (χ1) is 12.2. The molecule has 0 saturated carbocycles. The molecule has 5 nitrogen and oxygen atoms in total. The Kier molecular flexibility index (Phi) is 4.09. The van der Waals surface area contributed by atoms with E-state index in [0.29, 0.717) is 5.02 Å². The monoisotopic (exact) mass is 354 g/mol. The Bertz CT molecular complexity index is 923. The summed E-state index contributed by atoms with van der Waals surface area (Å²) >= 11 is 6.51. The van der Waals surface area contributed by atoms with Crippen molar-refractivity contribution in [2.75, 3.05) is 37.5 Å². The van der Waals surface area contributed by atoms with Crippen molar-refractivity contribution >= 4 is 34.0 Å². The van der Waals surface area contributed by atoms with Crippen LogP contribution >= 0.6 is 11.6 Å². The Balaban J connectivity index is 1.76. The number of methoxy groups -OCH3 is 1. The predicted octanol–water partition coefficient (Wildman–Crippen LogP) is 4.21. The van der Waals surface area contributed by atoms with Crippen LogP contribution in [0.2, 0.25) is 5.02 Å². The van der Waals surface area contributed by atoms with E-state index in [1.54, 1.807) is 7.11 Å². The van der Waals surface area contributed by atoms with E-state index in [9.17, 15) is 0 Å². The van der Waals surface area contributed by atoms with E-state index in [0.717, 1.165) is 52.5 Å². The van der Waals surface area contributed by atoms with Gasteiger partial charge in [0.2, 0.25) is 0 Å². The van der Waals surface area contributed by atoms with Crippen LogP contribution in [0.3, 0.4) is 0 Å². The highest BCUT2D eigenvalue weighted by Gasteiger charge is 2.16. The molecule has 128 valence electrons. The van der Waals surface area contributed by atoms with Crippen molar-refractivity contribution in [3.05, 3.63) is 41.6 Å². The quantitative estimate of drug-likeness (QED) is 0.760. The van der Waals surface area contributed by atoms with Crippen molar-refractivity contribution in [3.63, 3.8) is 0 Å². The summed E-state index contributed by atoms with van der Waals surface area (Å²) in [5.74, 6) is 1.76. The standard InChI is InChI=1S/C19H19ClN4O/c1-21-17-10-16-13(8-18(17)25-2)14(20)9-15(23-16)12-4-5-19(22-11-12)24-6-3-7-24/h4-5,8-11,21H,3,6-7H2,1-2H3. The van der Waals surface area contributed by atoms with Gasteiger partial charge in [0.1, 0.15) is 11.6 Å². The second-order valence-electron chi connectivity index (χ2n) is 6.05. The molecule has 1 fully saturated rings. The summed E-state index contributed by atoms with van der Waals surface area (Å²) in [4.78, 5) is 11.6. The van der Waals surface area contributed by atoms with Crippen molar-refractivity contribution in [1.29, 1.82) is 0 Å². The van der Waals surface area contributed by atoms with Gasteiger partial charge in [-0.2, -0.15) is 0 Å². The average Bonchev–Trinajstić information content (AvgIpc) is 2.59. The highest BCUT2D eigenvalue weighted by Crippen LogP contribution is 2.35. The van der Waals surface area contributed by atoms with Crippen LogP contribution in [0.5, 0.6) is 5.75 Å². The lowest BCUT2D eigenvalue weighted by atomic mass is 10.1. The Morgan fingerprint density at radius 2 is 2.04 bits per heavy atom. The number of fused-ring (bicyclic) bond motifs is 1. The van der Waals surface area contributed by atoms with Gasteiger partial charge in [-0.3, -0.25) is 0 Å². The fraction of sp³-hybridized carbons (Fsp3) is 0.263. The van der Waals surface area contributed by atoms with Gasteiger partial charge in [0.25, 0.3) is 0 Å². The van der Waals surface area contributed by atoms with Gasteiger partial charge in [0.05, 0.1) is 29.0 Å². The molecule has 0 bridgehead atoms. The molecule has 0 aliphatic carbocycles. The lowest BCUT2D eigenvalue weighted by Gasteiger charge is -2.31. The molecule has 6 heteroatoms. The SMILES string of the molecule is CNc1cc2nc(-c3ccc(N4CCC4)nc3)cc(Cl)c2cc1OC. The Hall–Kier alpha value is -2.53. The number of aromatic nitrogens is 2. The average molecular weight is 355 g/mol. The van der Waals surface area contributed by atoms with Gasteiger partial charge in [-0.1, -0.05) is 11.6 Å². The number of hydrogen-bond acceptors (Lipinski definition) is 5. The fourth-order valence-electron chi connectivity index (χ4n) is 2.99. The maximum Gasteiger partial charge on any atom is 0.142 e. The molecule has 0 unspecified atom stereocenters. The third kappa shape index (κ3) is 2.85. The number of nitrogens with one attached hydrogen (secondary N) is 1. The van der Waals surface area contributed by atoms with E-state index < -0.39 is 0 Å². The first kappa shape index (κ1) is 16.0. The first-order valence-electron chi connectivity index (χ1n) is 8.27. The van der Waals surface area contributed by atoms with Gasteiger partial charge >= 0.3 is 0 Å². The summed E-state index contributed by atoms with van der Waals surface area (Å²) in [7, 11) is 3.50. The molecule has 3 aromatic rings. The molecule has 25 heavy (non-hydrogen) atoms. The number of anilines is 2. The minimum absolute atomic E-state index is 0.646. The van der Waals surface area contributed by atoms with Gasteiger partial charge in [-0.05, 0) is 36.8 Å². The number of hydrogen-bond donors (Lipinski definition) is 1. The van der Waals surface area contributed by atoms with Crippen molar-refractivity contribution in [2.24, 2.45) is 0 Å². The molecular formula is C19H19ClN4O. The topological polar surface area (TPSA) is 50.3 Å². The number of pyridine rings is 2. The number of halogens is 1. The minimum atomic E-state index is 0.646. The third-order valence-electron chi connectivity index (χ3n) is 4.57. The number of ether oxygens (including phenoxy) is 1. The molecular weight excluding hydrogens is 336 g/mol. The normalized spacial score (nSPS) is 13.6. The van der Waals surface area contributed by atoms with E-state index in [-0.39, 0.29) is 0 Å². The minimum Gasteiger partial charge on any atom is -0.495 e. The Labute approximate surface area is 151 Å². The lowest BCUT2D eigenvalue weighted by Crippen LogP contribution is -2.37. The van der Waals surface area contributed by atoms with Crippen molar-refractivity contribution in [1.82, 2.24) is 9.97 Å². The van der Waals surface area contributed by atoms with Crippen LogP contribution in [-0.4, -0.2) is 37.2 Å². The lowest BCUT2D eigenvalue weighted by molar-refractivity contribution is 0.417. The second-order valence-corrected chi connectivity index (χ2v) is 6.46. The zero-order chi connectivity index (χ0) is 17.4. The second kappa shape index (κ2) is 6.41. The molecule has 1 aliphatic heterocycles. The molecule has 4 rings (SSSR count). The molecule has 2 aromatic heterocycles. The molecule has 0 atom stereocenters. The van der Waals surface area contributed by atoms with E-state index in [1.165, 1.54) is 6.42 Å². The predicted molar refractivity (Wildman–Crippen MR) is 103 cm³/mol. The van der Waals surface area contributed by atoms with Crippen molar-refractivity contribution in [2.45, 2.75) is 6.42 Å². The summed E-state index contributed by atoms with van der Waals surface area (Å²) in [6.45, 7) is 2.17. The molecule has 0 amide bonds. The molecule has 3 heterocycles. The van der Waals surface area contributed by atoms with Crippen LogP contribution in [0, 0.1) is 0 Å². The van der Waals surface area contributed by atoms with Gasteiger partial charge in [-0.25, -0.2) is 9.97 Å². The van der Waals surface area contributed by atoms with Gasteiger partial charge in [0, 0.05) is 37.3 Å². The van der Waals surface area contributed by atoms with E-state index in [1.807, 2.05) is 43.6 Å². The van der Waals surface area contributed by atoms with Crippen LogP contribution in [0.15, 0.2) is 36.5 Å². The van der Waals surface area contributed by atoms with Gasteiger partial charge < -0.3 is 15.0 Å².